The minimum atomic E-state index is 0.542. The number of hydrogen-bond donors (Lipinski definition) is 0. The van der Waals surface area contributed by atoms with Gasteiger partial charge in [-0.2, -0.15) is 0 Å². The van der Waals surface area contributed by atoms with Crippen LogP contribution >= 0.6 is 0 Å². The summed E-state index contributed by atoms with van der Waals surface area (Å²) in [6.07, 6.45) is 8.87. The van der Waals surface area contributed by atoms with Gasteiger partial charge in [0.05, 0.1) is 5.52 Å². The molecule has 0 saturated carbocycles. The Morgan fingerprint density at radius 3 is 1.40 bits per heavy atom. The van der Waals surface area contributed by atoms with E-state index >= 15 is 0 Å². The second-order valence-electron chi connectivity index (χ2n) is 12.4. The largest absolute Gasteiger partial charge is 0.264 e. The Hall–Kier alpha value is -7.18. The molecule has 0 amide bonds. The van der Waals surface area contributed by atoms with Crippen molar-refractivity contribution in [1.29, 1.82) is 0 Å². The number of pyridine rings is 3. The molecule has 0 aliphatic carbocycles. The van der Waals surface area contributed by atoms with Crippen LogP contribution in [0.3, 0.4) is 0 Å². The summed E-state index contributed by atoms with van der Waals surface area (Å²) in [4.78, 5) is 28.3. The van der Waals surface area contributed by atoms with Gasteiger partial charge in [0, 0.05) is 58.6 Å². The monoisotopic (exact) mass is 666 g/mol. The van der Waals surface area contributed by atoms with E-state index in [1.807, 2.05) is 36.5 Å². The zero-order chi connectivity index (χ0) is 34.7. The van der Waals surface area contributed by atoms with Crippen LogP contribution in [0.2, 0.25) is 0 Å². The molecule has 0 aliphatic heterocycles. The van der Waals surface area contributed by atoms with Crippen molar-refractivity contribution >= 4 is 10.9 Å². The van der Waals surface area contributed by atoms with Crippen LogP contribution in [0.15, 0.2) is 183 Å². The highest BCUT2D eigenvalue weighted by Gasteiger charge is 2.17. The fraction of sp³-hybridized carbons (Fsp3) is 0. The summed E-state index contributed by atoms with van der Waals surface area (Å²) >= 11 is 0. The van der Waals surface area contributed by atoms with Gasteiger partial charge in [-0.25, -0.2) is 15.0 Å². The minimum absolute atomic E-state index is 0.542. The standard InChI is InChI=1S/C46H30N6/c1-2-10-31(11-3-1)38-16-4-5-17-39(38)32-19-21-33(22-20-32)40-24-23-35(28-42(40)41-18-6-12-34-13-9-27-49-43(34)41)44-50-45(36-14-7-25-47-29-36)52-46(51-44)37-15-8-26-48-30-37/h1-30H. The maximum absolute atomic E-state index is 4.98. The molecule has 5 aromatic carbocycles. The van der Waals surface area contributed by atoms with E-state index in [4.69, 9.17) is 19.9 Å². The number of hydrogen-bond acceptors (Lipinski definition) is 6. The first kappa shape index (κ1) is 30.8. The third-order valence-electron chi connectivity index (χ3n) is 9.19. The lowest BCUT2D eigenvalue weighted by molar-refractivity contribution is 1.07. The third-order valence-corrected chi connectivity index (χ3v) is 9.19. The first-order valence-electron chi connectivity index (χ1n) is 17.1. The molecule has 0 bridgehead atoms. The van der Waals surface area contributed by atoms with Gasteiger partial charge in [-0.3, -0.25) is 15.0 Å². The highest BCUT2D eigenvalue weighted by Crippen LogP contribution is 2.40. The molecule has 0 radical (unpaired) electrons. The van der Waals surface area contributed by atoms with Gasteiger partial charge in [0.1, 0.15) is 0 Å². The fourth-order valence-corrected chi connectivity index (χ4v) is 6.67. The van der Waals surface area contributed by atoms with Crippen LogP contribution in [0.5, 0.6) is 0 Å². The number of fused-ring (bicyclic) bond motifs is 1. The maximum Gasteiger partial charge on any atom is 0.165 e. The van der Waals surface area contributed by atoms with Gasteiger partial charge in [0.25, 0.3) is 0 Å². The van der Waals surface area contributed by atoms with Crippen molar-refractivity contribution in [3.05, 3.63) is 183 Å². The summed E-state index contributed by atoms with van der Waals surface area (Å²) in [7, 11) is 0. The third kappa shape index (κ3) is 5.99. The van der Waals surface area contributed by atoms with Crippen LogP contribution in [0.1, 0.15) is 0 Å². The molecule has 6 nitrogen and oxygen atoms in total. The predicted octanol–water partition coefficient (Wildman–Crippen LogP) is 10.9. The Bertz CT molecular complexity index is 2600. The van der Waals surface area contributed by atoms with Crippen molar-refractivity contribution in [2.45, 2.75) is 0 Å². The number of aromatic nitrogens is 6. The summed E-state index contributed by atoms with van der Waals surface area (Å²) < 4.78 is 0. The van der Waals surface area contributed by atoms with Gasteiger partial charge in [0.15, 0.2) is 17.5 Å². The van der Waals surface area contributed by atoms with Crippen LogP contribution in [0.25, 0.3) is 89.6 Å². The average molecular weight is 667 g/mol. The summed E-state index contributed by atoms with van der Waals surface area (Å²) in [5.74, 6) is 1.64. The molecule has 6 heteroatoms. The van der Waals surface area contributed by atoms with Crippen LogP contribution < -0.4 is 0 Å². The number of para-hydroxylation sites is 1. The first-order chi connectivity index (χ1) is 25.8. The lowest BCUT2D eigenvalue weighted by Gasteiger charge is -2.16. The number of rotatable bonds is 7. The molecule has 4 aromatic heterocycles. The molecular weight excluding hydrogens is 637 g/mol. The zero-order valence-corrected chi connectivity index (χ0v) is 28.0. The van der Waals surface area contributed by atoms with Crippen molar-refractivity contribution in [1.82, 2.24) is 29.9 Å². The molecule has 9 rings (SSSR count). The van der Waals surface area contributed by atoms with E-state index in [-0.39, 0.29) is 0 Å². The van der Waals surface area contributed by atoms with Crippen LogP contribution in [-0.2, 0) is 0 Å². The zero-order valence-electron chi connectivity index (χ0n) is 28.0. The molecule has 0 N–H and O–H groups in total. The van der Waals surface area contributed by atoms with E-state index in [0.717, 1.165) is 55.4 Å². The Morgan fingerprint density at radius 1 is 0.308 bits per heavy atom. The van der Waals surface area contributed by atoms with E-state index < -0.39 is 0 Å². The first-order valence-corrected chi connectivity index (χ1v) is 17.1. The molecule has 0 fully saturated rings. The predicted molar refractivity (Wildman–Crippen MR) is 209 cm³/mol. The van der Waals surface area contributed by atoms with E-state index in [9.17, 15) is 0 Å². The average Bonchev–Trinajstić information content (AvgIpc) is 3.24. The number of benzene rings is 5. The van der Waals surface area contributed by atoms with Crippen molar-refractivity contribution < 1.29 is 0 Å². The molecule has 0 saturated heterocycles. The van der Waals surface area contributed by atoms with E-state index in [1.54, 1.807) is 24.8 Å². The molecular formula is C46H30N6. The van der Waals surface area contributed by atoms with Crippen LogP contribution in [-0.4, -0.2) is 29.9 Å². The van der Waals surface area contributed by atoms with Crippen molar-refractivity contribution in [3.63, 3.8) is 0 Å². The Kier molecular flexibility index (Phi) is 8.08. The smallest absolute Gasteiger partial charge is 0.165 e. The molecule has 9 aromatic rings. The Morgan fingerprint density at radius 2 is 0.788 bits per heavy atom. The van der Waals surface area contributed by atoms with Crippen molar-refractivity contribution in [3.8, 4) is 78.7 Å². The van der Waals surface area contributed by atoms with E-state index in [1.165, 1.54) is 16.7 Å². The van der Waals surface area contributed by atoms with Gasteiger partial charge in [-0.05, 0) is 75.3 Å². The highest BCUT2D eigenvalue weighted by molar-refractivity contribution is 5.99. The molecule has 52 heavy (non-hydrogen) atoms. The van der Waals surface area contributed by atoms with Crippen LogP contribution in [0, 0.1) is 0 Å². The molecule has 244 valence electrons. The van der Waals surface area contributed by atoms with Gasteiger partial charge in [0.2, 0.25) is 0 Å². The Labute approximate surface area is 301 Å². The summed E-state index contributed by atoms with van der Waals surface area (Å²) in [5, 5.41) is 1.07. The summed E-state index contributed by atoms with van der Waals surface area (Å²) in [6, 6.07) is 52.4. The lowest BCUT2D eigenvalue weighted by atomic mass is 9.89. The molecule has 0 unspecified atom stereocenters. The topological polar surface area (TPSA) is 77.3 Å². The summed E-state index contributed by atoms with van der Waals surface area (Å²) in [6.45, 7) is 0. The van der Waals surface area contributed by atoms with Gasteiger partial charge >= 0.3 is 0 Å². The Balaban J connectivity index is 1.20. The van der Waals surface area contributed by atoms with Gasteiger partial charge in [-0.15, -0.1) is 0 Å². The lowest BCUT2D eigenvalue weighted by Crippen LogP contribution is -2.01. The van der Waals surface area contributed by atoms with Gasteiger partial charge < -0.3 is 0 Å². The minimum Gasteiger partial charge on any atom is -0.264 e. The molecule has 0 aliphatic rings. The summed E-state index contributed by atoms with van der Waals surface area (Å²) in [5.41, 5.74) is 12.4. The SMILES string of the molecule is c1ccc(-c2ccccc2-c2ccc(-c3ccc(-c4nc(-c5cccnc5)nc(-c5cccnc5)n4)cc3-c3cccc4cccnc34)cc2)cc1. The van der Waals surface area contributed by atoms with Crippen molar-refractivity contribution in [2.75, 3.05) is 0 Å². The normalized spacial score (nSPS) is 11.1. The quantitative estimate of drug-likeness (QED) is 0.168. The van der Waals surface area contributed by atoms with Crippen molar-refractivity contribution in [2.24, 2.45) is 0 Å². The second-order valence-corrected chi connectivity index (χ2v) is 12.4. The van der Waals surface area contributed by atoms with E-state index in [0.29, 0.717) is 17.5 Å². The molecule has 0 atom stereocenters. The van der Waals surface area contributed by atoms with Crippen LogP contribution in [0.4, 0.5) is 0 Å². The number of nitrogens with zero attached hydrogens (tertiary/aromatic N) is 6. The maximum atomic E-state index is 4.98. The molecule has 0 spiro atoms. The molecule has 4 heterocycles. The van der Waals surface area contributed by atoms with Gasteiger partial charge in [-0.1, -0.05) is 115 Å². The van der Waals surface area contributed by atoms with E-state index in [2.05, 4.69) is 131 Å². The second kappa shape index (κ2) is 13.6. The fourth-order valence-electron chi connectivity index (χ4n) is 6.67. The highest BCUT2D eigenvalue weighted by atomic mass is 15.0.